The van der Waals surface area contributed by atoms with Crippen molar-refractivity contribution in [1.82, 2.24) is 0 Å². The Bertz CT molecular complexity index is 257. The SMILES string of the molecule is CCCCC1(C2(CC)C=CCC2)CCCCC1. The van der Waals surface area contributed by atoms with E-state index in [9.17, 15) is 0 Å². The molecule has 0 heterocycles. The standard InChI is InChI=1S/C17H30/c1-3-5-11-17(14-7-6-8-15-17)16(4-2)12-9-10-13-16/h9,12H,3-8,10-11,13-15H2,1-2H3. The summed E-state index contributed by atoms with van der Waals surface area (Å²) >= 11 is 0. The molecule has 0 aromatic carbocycles. The molecule has 0 amide bonds. The van der Waals surface area contributed by atoms with Crippen LogP contribution >= 0.6 is 0 Å². The molecule has 0 radical (unpaired) electrons. The Morgan fingerprint density at radius 1 is 1.00 bits per heavy atom. The number of rotatable bonds is 5. The molecular weight excluding hydrogens is 204 g/mol. The van der Waals surface area contributed by atoms with E-state index in [1.807, 2.05) is 0 Å². The first kappa shape index (κ1) is 13.2. The molecule has 0 heteroatoms. The van der Waals surface area contributed by atoms with Gasteiger partial charge in [-0.25, -0.2) is 0 Å². The zero-order chi connectivity index (χ0) is 12.2. The first-order chi connectivity index (χ1) is 8.29. The van der Waals surface area contributed by atoms with Crippen LogP contribution in [0, 0.1) is 10.8 Å². The molecule has 0 aliphatic heterocycles. The van der Waals surface area contributed by atoms with E-state index in [-0.39, 0.29) is 0 Å². The lowest BCUT2D eigenvalue weighted by molar-refractivity contribution is 0.0187. The van der Waals surface area contributed by atoms with Gasteiger partial charge < -0.3 is 0 Å². The third kappa shape index (κ3) is 2.33. The minimum atomic E-state index is 0.572. The van der Waals surface area contributed by atoms with Crippen LogP contribution in [0.4, 0.5) is 0 Å². The van der Waals surface area contributed by atoms with Gasteiger partial charge in [-0.15, -0.1) is 0 Å². The summed E-state index contributed by atoms with van der Waals surface area (Å²) in [6, 6.07) is 0. The summed E-state index contributed by atoms with van der Waals surface area (Å²) in [6.07, 6.45) is 21.0. The maximum absolute atomic E-state index is 2.62. The van der Waals surface area contributed by atoms with Crippen LogP contribution in [0.15, 0.2) is 12.2 Å². The van der Waals surface area contributed by atoms with Gasteiger partial charge in [0.25, 0.3) is 0 Å². The zero-order valence-electron chi connectivity index (χ0n) is 11.9. The second-order valence-corrected chi connectivity index (χ2v) is 6.40. The van der Waals surface area contributed by atoms with Crippen LogP contribution in [0.5, 0.6) is 0 Å². The number of hydrogen-bond donors (Lipinski definition) is 0. The molecule has 0 saturated heterocycles. The maximum atomic E-state index is 2.62. The van der Waals surface area contributed by atoms with Crippen LogP contribution in [0.2, 0.25) is 0 Å². The predicted octanol–water partition coefficient (Wildman–Crippen LogP) is 5.87. The van der Waals surface area contributed by atoms with Gasteiger partial charge in [-0.3, -0.25) is 0 Å². The lowest BCUT2D eigenvalue weighted by Gasteiger charge is -2.51. The molecule has 1 atom stereocenters. The lowest BCUT2D eigenvalue weighted by atomic mass is 9.54. The van der Waals surface area contributed by atoms with Crippen molar-refractivity contribution in [3.63, 3.8) is 0 Å². The number of hydrogen-bond acceptors (Lipinski definition) is 0. The van der Waals surface area contributed by atoms with Crippen LogP contribution in [0.1, 0.15) is 84.5 Å². The quantitative estimate of drug-likeness (QED) is 0.522. The summed E-state index contributed by atoms with van der Waals surface area (Å²) in [5.41, 5.74) is 1.24. The van der Waals surface area contributed by atoms with Gasteiger partial charge in [0.15, 0.2) is 0 Å². The highest BCUT2D eigenvalue weighted by atomic mass is 14.5. The second-order valence-electron chi connectivity index (χ2n) is 6.40. The molecule has 0 spiro atoms. The second kappa shape index (κ2) is 5.59. The Kier molecular flexibility index (Phi) is 4.33. The number of allylic oxidation sites excluding steroid dienone is 2. The van der Waals surface area contributed by atoms with Crippen molar-refractivity contribution < 1.29 is 0 Å². The van der Waals surface area contributed by atoms with E-state index in [1.165, 1.54) is 70.6 Å². The normalized spacial score (nSPS) is 31.9. The van der Waals surface area contributed by atoms with E-state index in [2.05, 4.69) is 26.0 Å². The van der Waals surface area contributed by atoms with E-state index < -0.39 is 0 Å². The summed E-state index contributed by atoms with van der Waals surface area (Å²) in [5, 5.41) is 0. The van der Waals surface area contributed by atoms with Crippen molar-refractivity contribution in [1.29, 1.82) is 0 Å². The van der Waals surface area contributed by atoms with Gasteiger partial charge in [-0.05, 0) is 49.4 Å². The van der Waals surface area contributed by atoms with Gasteiger partial charge in [0.1, 0.15) is 0 Å². The highest BCUT2D eigenvalue weighted by Crippen LogP contribution is 2.59. The van der Waals surface area contributed by atoms with Crippen LogP contribution in [0.25, 0.3) is 0 Å². The molecule has 0 nitrogen and oxygen atoms in total. The Morgan fingerprint density at radius 3 is 2.29 bits per heavy atom. The van der Waals surface area contributed by atoms with Crippen molar-refractivity contribution in [2.24, 2.45) is 10.8 Å². The Hall–Kier alpha value is -0.260. The van der Waals surface area contributed by atoms with Crippen molar-refractivity contribution >= 4 is 0 Å². The third-order valence-corrected chi connectivity index (χ3v) is 5.70. The topological polar surface area (TPSA) is 0 Å². The first-order valence-electron chi connectivity index (χ1n) is 7.96. The molecular formula is C17H30. The summed E-state index contributed by atoms with van der Waals surface area (Å²) in [7, 11) is 0. The van der Waals surface area contributed by atoms with Crippen molar-refractivity contribution in [2.75, 3.05) is 0 Å². The molecule has 1 saturated carbocycles. The van der Waals surface area contributed by atoms with Crippen LogP contribution < -0.4 is 0 Å². The minimum absolute atomic E-state index is 0.572. The average Bonchev–Trinajstić information content (AvgIpc) is 2.88. The van der Waals surface area contributed by atoms with Crippen LogP contribution in [-0.2, 0) is 0 Å². The van der Waals surface area contributed by atoms with Gasteiger partial charge in [0.05, 0.1) is 0 Å². The van der Waals surface area contributed by atoms with Crippen molar-refractivity contribution in [3.8, 4) is 0 Å². The molecule has 1 fully saturated rings. The Morgan fingerprint density at radius 2 is 1.76 bits per heavy atom. The Balaban J connectivity index is 2.21. The molecule has 17 heavy (non-hydrogen) atoms. The Labute approximate surface area is 108 Å². The zero-order valence-corrected chi connectivity index (χ0v) is 11.9. The first-order valence-corrected chi connectivity index (χ1v) is 7.96. The molecule has 0 N–H and O–H groups in total. The summed E-state index contributed by atoms with van der Waals surface area (Å²) < 4.78 is 0. The minimum Gasteiger partial charge on any atom is -0.0879 e. The van der Waals surface area contributed by atoms with E-state index in [4.69, 9.17) is 0 Å². The van der Waals surface area contributed by atoms with E-state index >= 15 is 0 Å². The summed E-state index contributed by atoms with van der Waals surface area (Å²) in [6.45, 7) is 4.78. The molecule has 0 bridgehead atoms. The maximum Gasteiger partial charge on any atom is -0.00615 e. The van der Waals surface area contributed by atoms with E-state index in [0.29, 0.717) is 10.8 Å². The van der Waals surface area contributed by atoms with Gasteiger partial charge in [-0.1, -0.05) is 58.1 Å². The summed E-state index contributed by atoms with van der Waals surface area (Å²) in [4.78, 5) is 0. The highest BCUT2D eigenvalue weighted by Gasteiger charge is 2.48. The summed E-state index contributed by atoms with van der Waals surface area (Å²) in [5.74, 6) is 0. The van der Waals surface area contributed by atoms with Crippen LogP contribution in [-0.4, -0.2) is 0 Å². The van der Waals surface area contributed by atoms with Crippen molar-refractivity contribution in [2.45, 2.75) is 84.5 Å². The van der Waals surface area contributed by atoms with Gasteiger partial charge in [-0.2, -0.15) is 0 Å². The van der Waals surface area contributed by atoms with Gasteiger partial charge in [0, 0.05) is 0 Å². The highest BCUT2D eigenvalue weighted by molar-refractivity contribution is 5.14. The monoisotopic (exact) mass is 234 g/mol. The predicted molar refractivity (Wildman–Crippen MR) is 76.1 cm³/mol. The molecule has 1 unspecified atom stereocenters. The van der Waals surface area contributed by atoms with Gasteiger partial charge in [0.2, 0.25) is 0 Å². The van der Waals surface area contributed by atoms with Gasteiger partial charge >= 0.3 is 0 Å². The fraction of sp³-hybridized carbons (Fsp3) is 0.882. The largest absolute Gasteiger partial charge is 0.0879 e. The molecule has 2 rings (SSSR count). The van der Waals surface area contributed by atoms with Crippen LogP contribution in [0.3, 0.4) is 0 Å². The fourth-order valence-electron chi connectivity index (χ4n) is 4.59. The molecule has 0 aromatic heterocycles. The molecule has 0 aromatic rings. The molecule has 2 aliphatic carbocycles. The van der Waals surface area contributed by atoms with E-state index in [0.717, 1.165) is 0 Å². The smallest absolute Gasteiger partial charge is 0.00615 e. The third-order valence-electron chi connectivity index (χ3n) is 5.70. The lowest BCUT2D eigenvalue weighted by Crippen LogP contribution is -2.41. The molecule has 98 valence electrons. The van der Waals surface area contributed by atoms with E-state index in [1.54, 1.807) is 0 Å². The van der Waals surface area contributed by atoms with Crippen molar-refractivity contribution in [3.05, 3.63) is 12.2 Å². The number of unbranched alkanes of at least 4 members (excludes halogenated alkanes) is 1. The molecule has 2 aliphatic rings. The average molecular weight is 234 g/mol. The fourth-order valence-corrected chi connectivity index (χ4v) is 4.59.